The lowest BCUT2D eigenvalue weighted by Crippen LogP contribution is -2.18. The second-order valence-corrected chi connectivity index (χ2v) is 5.31. The van der Waals surface area contributed by atoms with Gasteiger partial charge in [0.2, 0.25) is 0 Å². The van der Waals surface area contributed by atoms with E-state index >= 15 is 0 Å². The van der Waals surface area contributed by atoms with E-state index in [2.05, 4.69) is 15.6 Å². The Labute approximate surface area is 148 Å². The number of anilines is 2. The van der Waals surface area contributed by atoms with Crippen molar-refractivity contribution in [2.45, 2.75) is 19.9 Å². The molecule has 6 nitrogen and oxygen atoms in total. The van der Waals surface area contributed by atoms with Gasteiger partial charge in [-0.25, -0.2) is 4.98 Å². The van der Waals surface area contributed by atoms with Crippen LogP contribution in [0.4, 0.5) is 11.5 Å². The lowest BCUT2D eigenvalue weighted by Gasteiger charge is -2.13. The maximum atomic E-state index is 12.4. The molecule has 0 aliphatic heterocycles. The number of nitrogens with zero attached hydrogens (tertiary/aromatic N) is 1. The van der Waals surface area contributed by atoms with Crippen molar-refractivity contribution >= 4 is 29.8 Å². The van der Waals surface area contributed by atoms with Gasteiger partial charge in [-0.1, -0.05) is 0 Å². The van der Waals surface area contributed by atoms with Gasteiger partial charge in [0.15, 0.2) is 0 Å². The summed E-state index contributed by atoms with van der Waals surface area (Å²) in [7, 11) is 0. The Morgan fingerprint density at radius 1 is 1.25 bits per heavy atom. The van der Waals surface area contributed by atoms with Crippen LogP contribution in [0.5, 0.6) is 5.75 Å². The SMILES string of the molecule is CC(C)Nc1ncccc1C(=O)Nc1ccc(OCCN)cc1.Cl. The summed E-state index contributed by atoms with van der Waals surface area (Å²) in [6, 6.07) is 10.8. The number of pyridine rings is 1. The number of amides is 1. The Morgan fingerprint density at radius 2 is 1.96 bits per heavy atom. The molecule has 7 heteroatoms. The average Bonchev–Trinajstić information content (AvgIpc) is 2.54. The summed E-state index contributed by atoms with van der Waals surface area (Å²) in [5.74, 6) is 1.08. The van der Waals surface area contributed by atoms with Gasteiger partial charge >= 0.3 is 0 Å². The molecule has 1 heterocycles. The van der Waals surface area contributed by atoms with Gasteiger partial charge in [0, 0.05) is 24.5 Å². The molecule has 0 spiro atoms. The minimum absolute atomic E-state index is 0. The molecule has 130 valence electrons. The topological polar surface area (TPSA) is 89.3 Å². The molecule has 0 bridgehead atoms. The molecule has 0 radical (unpaired) electrons. The molecule has 0 saturated heterocycles. The molecule has 4 N–H and O–H groups in total. The van der Waals surface area contributed by atoms with Gasteiger partial charge in [-0.05, 0) is 50.2 Å². The van der Waals surface area contributed by atoms with Crippen LogP contribution in [0.15, 0.2) is 42.6 Å². The summed E-state index contributed by atoms with van der Waals surface area (Å²) in [6.07, 6.45) is 1.66. The van der Waals surface area contributed by atoms with E-state index in [4.69, 9.17) is 10.5 Å². The number of rotatable bonds is 7. The third-order valence-electron chi connectivity index (χ3n) is 2.98. The molecule has 0 unspecified atom stereocenters. The minimum atomic E-state index is -0.211. The Balaban J connectivity index is 0.00000288. The molecule has 2 rings (SSSR count). The monoisotopic (exact) mass is 350 g/mol. The van der Waals surface area contributed by atoms with Crippen molar-refractivity contribution in [3.05, 3.63) is 48.2 Å². The molecule has 1 aromatic carbocycles. The molecule has 1 aromatic heterocycles. The quantitative estimate of drug-likeness (QED) is 0.714. The van der Waals surface area contributed by atoms with Crippen LogP contribution >= 0.6 is 12.4 Å². The van der Waals surface area contributed by atoms with E-state index in [1.807, 2.05) is 13.8 Å². The van der Waals surface area contributed by atoms with Crippen molar-refractivity contribution in [1.29, 1.82) is 0 Å². The first-order valence-corrected chi connectivity index (χ1v) is 7.56. The second kappa shape index (κ2) is 9.75. The predicted molar refractivity (Wildman–Crippen MR) is 99.2 cm³/mol. The van der Waals surface area contributed by atoms with Gasteiger partial charge in [0.1, 0.15) is 18.2 Å². The molecule has 24 heavy (non-hydrogen) atoms. The van der Waals surface area contributed by atoms with Gasteiger partial charge in [0.25, 0.3) is 5.91 Å². The summed E-state index contributed by atoms with van der Waals surface area (Å²) >= 11 is 0. The molecule has 0 aliphatic rings. The van der Waals surface area contributed by atoms with Gasteiger partial charge in [-0.15, -0.1) is 12.4 Å². The fourth-order valence-corrected chi connectivity index (χ4v) is 1.99. The van der Waals surface area contributed by atoms with E-state index in [9.17, 15) is 4.79 Å². The maximum absolute atomic E-state index is 12.4. The number of carbonyl (C=O) groups excluding carboxylic acids is 1. The molecule has 2 aromatic rings. The van der Waals surface area contributed by atoms with Gasteiger partial charge in [0.05, 0.1) is 5.56 Å². The molecular weight excluding hydrogens is 328 g/mol. The Hall–Kier alpha value is -2.31. The second-order valence-electron chi connectivity index (χ2n) is 5.31. The summed E-state index contributed by atoms with van der Waals surface area (Å²) in [5.41, 5.74) is 6.58. The summed E-state index contributed by atoms with van der Waals surface area (Å²) in [6.45, 7) is 4.92. The highest BCUT2D eigenvalue weighted by atomic mass is 35.5. The van der Waals surface area contributed by atoms with Crippen LogP contribution in [-0.2, 0) is 0 Å². The highest BCUT2D eigenvalue weighted by Gasteiger charge is 2.13. The summed E-state index contributed by atoms with van der Waals surface area (Å²) in [5, 5.41) is 6.02. The zero-order valence-corrected chi connectivity index (χ0v) is 14.6. The van der Waals surface area contributed by atoms with Crippen LogP contribution in [0.1, 0.15) is 24.2 Å². The predicted octanol–water partition coefficient (Wildman–Crippen LogP) is 2.91. The Morgan fingerprint density at radius 3 is 2.58 bits per heavy atom. The van der Waals surface area contributed by atoms with E-state index in [0.29, 0.717) is 30.2 Å². The fraction of sp³-hybridized carbons (Fsp3) is 0.294. The molecule has 1 amide bonds. The zero-order chi connectivity index (χ0) is 16.7. The van der Waals surface area contributed by atoms with Crippen LogP contribution in [-0.4, -0.2) is 30.1 Å². The van der Waals surface area contributed by atoms with Crippen molar-refractivity contribution in [3.63, 3.8) is 0 Å². The molecule has 0 atom stereocenters. The largest absolute Gasteiger partial charge is 0.492 e. The van der Waals surface area contributed by atoms with Crippen LogP contribution in [0.3, 0.4) is 0 Å². The molecule has 0 fully saturated rings. The number of aromatic nitrogens is 1. The van der Waals surface area contributed by atoms with E-state index in [-0.39, 0.29) is 24.4 Å². The zero-order valence-electron chi connectivity index (χ0n) is 13.8. The normalized spacial score (nSPS) is 10.0. The first kappa shape index (κ1) is 19.7. The van der Waals surface area contributed by atoms with Gasteiger partial charge in [-0.3, -0.25) is 4.79 Å². The molecule has 0 saturated carbocycles. The lowest BCUT2D eigenvalue weighted by atomic mass is 10.2. The van der Waals surface area contributed by atoms with Crippen molar-refractivity contribution in [3.8, 4) is 5.75 Å². The summed E-state index contributed by atoms with van der Waals surface area (Å²) in [4.78, 5) is 16.7. The molecule has 0 aliphatic carbocycles. The minimum Gasteiger partial charge on any atom is -0.492 e. The number of ether oxygens (including phenoxy) is 1. The maximum Gasteiger partial charge on any atom is 0.259 e. The number of hydrogen-bond acceptors (Lipinski definition) is 5. The van der Waals surface area contributed by atoms with E-state index in [1.54, 1.807) is 42.6 Å². The molecular formula is C17H23ClN4O2. The first-order valence-electron chi connectivity index (χ1n) is 7.56. The van der Waals surface area contributed by atoms with E-state index < -0.39 is 0 Å². The van der Waals surface area contributed by atoms with Crippen molar-refractivity contribution in [1.82, 2.24) is 4.98 Å². The van der Waals surface area contributed by atoms with Crippen LogP contribution in [0, 0.1) is 0 Å². The smallest absolute Gasteiger partial charge is 0.259 e. The average molecular weight is 351 g/mol. The number of hydrogen-bond donors (Lipinski definition) is 3. The van der Waals surface area contributed by atoms with Crippen LogP contribution in [0.25, 0.3) is 0 Å². The van der Waals surface area contributed by atoms with Gasteiger partial charge in [-0.2, -0.15) is 0 Å². The number of benzene rings is 1. The Bertz CT molecular complexity index is 647. The first-order chi connectivity index (χ1) is 11.1. The van der Waals surface area contributed by atoms with Gasteiger partial charge < -0.3 is 21.1 Å². The van der Waals surface area contributed by atoms with Crippen molar-refractivity contribution in [2.75, 3.05) is 23.8 Å². The Kier molecular flexibility index (Phi) is 8.01. The highest BCUT2D eigenvalue weighted by molar-refractivity contribution is 6.07. The third kappa shape index (κ3) is 5.72. The lowest BCUT2D eigenvalue weighted by molar-refractivity contribution is 0.102. The third-order valence-corrected chi connectivity index (χ3v) is 2.98. The fourth-order valence-electron chi connectivity index (χ4n) is 1.99. The number of carbonyl (C=O) groups is 1. The standard InChI is InChI=1S/C17H22N4O2.ClH/c1-12(2)20-16-15(4-3-10-19-16)17(22)21-13-5-7-14(8-6-13)23-11-9-18;/h3-8,10,12H,9,11,18H2,1-2H3,(H,19,20)(H,21,22);1H. The highest BCUT2D eigenvalue weighted by Crippen LogP contribution is 2.18. The van der Waals surface area contributed by atoms with Crippen LogP contribution in [0.2, 0.25) is 0 Å². The van der Waals surface area contributed by atoms with Crippen LogP contribution < -0.4 is 21.1 Å². The van der Waals surface area contributed by atoms with E-state index in [1.165, 1.54) is 0 Å². The van der Waals surface area contributed by atoms with Crippen molar-refractivity contribution in [2.24, 2.45) is 5.73 Å². The van der Waals surface area contributed by atoms with E-state index in [0.717, 1.165) is 5.75 Å². The van der Waals surface area contributed by atoms with Crippen molar-refractivity contribution < 1.29 is 9.53 Å². The summed E-state index contributed by atoms with van der Waals surface area (Å²) < 4.78 is 5.40. The number of nitrogens with one attached hydrogen (secondary N) is 2. The number of halogens is 1. The number of nitrogens with two attached hydrogens (primary N) is 1.